The second-order valence-electron chi connectivity index (χ2n) is 5.22. The molecule has 0 aliphatic heterocycles. The second kappa shape index (κ2) is 7.43. The predicted molar refractivity (Wildman–Crippen MR) is 84.3 cm³/mol. The van der Waals surface area contributed by atoms with Crippen molar-refractivity contribution < 1.29 is 9.13 Å². The van der Waals surface area contributed by atoms with E-state index in [4.69, 9.17) is 4.74 Å². The molecule has 1 aliphatic rings. The van der Waals surface area contributed by atoms with Crippen LogP contribution in [0.3, 0.4) is 0 Å². The Kier molecular flexibility index (Phi) is 5.59. The van der Waals surface area contributed by atoms with Crippen molar-refractivity contribution in [3.63, 3.8) is 0 Å². The van der Waals surface area contributed by atoms with E-state index in [9.17, 15) is 4.39 Å². The molecule has 0 radical (unpaired) electrons. The molecule has 1 saturated carbocycles. The van der Waals surface area contributed by atoms with E-state index in [2.05, 4.69) is 17.4 Å². The minimum absolute atomic E-state index is 0. The first-order valence-electron chi connectivity index (χ1n) is 6.99. The van der Waals surface area contributed by atoms with Crippen LogP contribution in [-0.2, 0) is 13.2 Å². The molecule has 21 heavy (non-hydrogen) atoms. The number of rotatable bonds is 6. The number of hydrogen-bond donors (Lipinski definition) is 1. The number of ether oxygens (including phenoxy) is 1. The first kappa shape index (κ1) is 15.8. The van der Waals surface area contributed by atoms with Gasteiger partial charge in [-0.05, 0) is 48.2 Å². The molecule has 1 N–H and O–H groups in total. The van der Waals surface area contributed by atoms with Gasteiger partial charge < -0.3 is 10.1 Å². The van der Waals surface area contributed by atoms with Crippen LogP contribution in [0.25, 0.3) is 0 Å². The van der Waals surface area contributed by atoms with Crippen LogP contribution >= 0.6 is 12.4 Å². The SMILES string of the molecule is Cl.Fc1ccc(COc2cccc(CNC3CC3)c2)cc1. The molecule has 0 aromatic heterocycles. The standard InChI is InChI=1S/C17H18FNO.ClH/c18-15-6-4-13(5-7-15)12-20-17-3-1-2-14(10-17)11-19-16-8-9-16;/h1-7,10,16,19H,8-9,11-12H2;1H. The fourth-order valence-electron chi connectivity index (χ4n) is 2.04. The maximum atomic E-state index is 12.8. The van der Waals surface area contributed by atoms with Crippen LogP contribution < -0.4 is 10.1 Å². The zero-order valence-electron chi connectivity index (χ0n) is 11.7. The van der Waals surface area contributed by atoms with Gasteiger partial charge in [0.25, 0.3) is 0 Å². The van der Waals surface area contributed by atoms with Gasteiger partial charge in [0.1, 0.15) is 18.2 Å². The molecule has 0 atom stereocenters. The van der Waals surface area contributed by atoms with Gasteiger partial charge in [-0.25, -0.2) is 4.39 Å². The minimum Gasteiger partial charge on any atom is -0.489 e. The Balaban J connectivity index is 0.00000161. The van der Waals surface area contributed by atoms with Gasteiger partial charge in [0.05, 0.1) is 0 Å². The molecule has 0 spiro atoms. The highest BCUT2D eigenvalue weighted by Crippen LogP contribution is 2.20. The first-order chi connectivity index (χ1) is 9.79. The lowest BCUT2D eigenvalue weighted by Gasteiger charge is -2.09. The average Bonchev–Trinajstić information content (AvgIpc) is 3.29. The lowest BCUT2D eigenvalue weighted by atomic mass is 10.2. The van der Waals surface area contributed by atoms with Crippen LogP contribution in [0.15, 0.2) is 48.5 Å². The van der Waals surface area contributed by atoms with Crippen molar-refractivity contribution in [2.75, 3.05) is 0 Å². The number of nitrogens with one attached hydrogen (secondary N) is 1. The van der Waals surface area contributed by atoms with Crippen LogP contribution in [0.1, 0.15) is 24.0 Å². The second-order valence-corrected chi connectivity index (χ2v) is 5.22. The molecule has 3 rings (SSSR count). The highest BCUT2D eigenvalue weighted by molar-refractivity contribution is 5.85. The molecule has 4 heteroatoms. The maximum Gasteiger partial charge on any atom is 0.123 e. The summed E-state index contributed by atoms with van der Waals surface area (Å²) < 4.78 is 18.6. The fraction of sp³-hybridized carbons (Fsp3) is 0.294. The molecule has 2 nitrogen and oxygen atoms in total. The molecule has 2 aromatic carbocycles. The molecule has 0 unspecified atom stereocenters. The summed E-state index contributed by atoms with van der Waals surface area (Å²) >= 11 is 0. The smallest absolute Gasteiger partial charge is 0.123 e. The average molecular weight is 308 g/mol. The van der Waals surface area contributed by atoms with Crippen molar-refractivity contribution in [1.29, 1.82) is 0 Å². The van der Waals surface area contributed by atoms with Gasteiger partial charge in [-0.3, -0.25) is 0 Å². The van der Waals surface area contributed by atoms with Crippen molar-refractivity contribution in [1.82, 2.24) is 5.32 Å². The van der Waals surface area contributed by atoms with E-state index >= 15 is 0 Å². The van der Waals surface area contributed by atoms with Gasteiger partial charge in [-0.15, -0.1) is 12.4 Å². The zero-order chi connectivity index (χ0) is 13.8. The van der Waals surface area contributed by atoms with Crippen molar-refractivity contribution in [3.05, 3.63) is 65.5 Å². The third-order valence-electron chi connectivity index (χ3n) is 3.39. The van der Waals surface area contributed by atoms with Crippen LogP contribution in [0.5, 0.6) is 5.75 Å². The van der Waals surface area contributed by atoms with Crippen LogP contribution in [0, 0.1) is 5.82 Å². The summed E-state index contributed by atoms with van der Waals surface area (Å²) in [6.45, 7) is 1.35. The quantitative estimate of drug-likeness (QED) is 0.868. The summed E-state index contributed by atoms with van der Waals surface area (Å²) in [4.78, 5) is 0. The number of halogens is 2. The Morgan fingerprint density at radius 1 is 1.05 bits per heavy atom. The number of benzene rings is 2. The van der Waals surface area contributed by atoms with Gasteiger partial charge >= 0.3 is 0 Å². The minimum atomic E-state index is -0.220. The van der Waals surface area contributed by atoms with Gasteiger partial charge in [0.2, 0.25) is 0 Å². The topological polar surface area (TPSA) is 21.3 Å². The van der Waals surface area contributed by atoms with Crippen molar-refractivity contribution in [2.45, 2.75) is 32.0 Å². The van der Waals surface area contributed by atoms with E-state index in [0.717, 1.165) is 17.9 Å². The third kappa shape index (κ3) is 5.03. The summed E-state index contributed by atoms with van der Waals surface area (Å²) in [7, 11) is 0. The molecule has 0 amide bonds. The van der Waals surface area contributed by atoms with Gasteiger partial charge in [-0.1, -0.05) is 24.3 Å². The molecule has 0 heterocycles. The fourth-order valence-corrected chi connectivity index (χ4v) is 2.04. The van der Waals surface area contributed by atoms with E-state index in [1.807, 2.05) is 12.1 Å². The molecule has 1 aliphatic carbocycles. The monoisotopic (exact) mass is 307 g/mol. The van der Waals surface area contributed by atoms with Crippen molar-refractivity contribution >= 4 is 12.4 Å². The molecular formula is C17H19ClFNO. The van der Waals surface area contributed by atoms with Crippen molar-refractivity contribution in [3.8, 4) is 5.75 Å². The Bertz CT molecular complexity index is 569. The lowest BCUT2D eigenvalue weighted by Crippen LogP contribution is -2.15. The summed E-state index contributed by atoms with van der Waals surface area (Å²) in [5.74, 6) is 0.631. The maximum absolute atomic E-state index is 12.8. The van der Waals surface area contributed by atoms with Gasteiger partial charge in [0.15, 0.2) is 0 Å². The van der Waals surface area contributed by atoms with E-state index in [0.29, 0.717) is 12.6 Å². The Labute approximate surface area is 130 Å². The highest BCUT2D eigenvalue weighted by Gasteiger charge is 2.19. The zero-order valence-corrected chi connectivity index (χ0v) is 12.5. The summed E-state index contributed by atoms with van der Waals surface area (Å²) in [5.41, 5.74) is 2.20. The number of hydrogen-bond acceptors (Lipinski definition) is 2. The van der Waals surface area contributed by atoms with Gasteiger partial charge in [-0.2, -0.15) is 0 Å². The summed E-state index contributed by atoms with van der Waals surface area (Å²) in [5, 5.41) is 3.48. The van der Waals surface area contributed by atoms with Crippen LogP contribution in [-0.4, -0.2) is 6.04 Å². The Morgan fingerprint density at radius 3 is 2.52 bits per heavy atom. The normalized spacial score (nSPS) is 13.6. The molecule has 0 bridgehead atoms. The van der Waals surface area contributed by atoms with Crippen LogP contribution in [0.4, 0.5) is 4.39 Å². The van der Waals surface area contributed by atoms with Crippen molar-refractivity contribution in [2.24, 2.45) is 0 Å². The first-order valence-corrected chi connectivity index (χ1v) is 6.99. The molecule has 0 saturated heterocycles. The highest BCUT2D eigenvalue weighted by atomic mass is 35.5. The molecule has 112 valence electrons. The Morgan fingerprint density at radius 2 is 1.81 bits per heavy atom. The van der Waals surface area contributed by atoms with E-state index < -0.39 is 0 Å². The largest absolute Gasteiger partial charge is 0.489 e. The molecular weight excluding hydrogens is 289 g/mol. The van der Waals surface area contributed by atoms with E-state index in [-0.39, 0.29) is 18.2 Å². The lowest BCUT2D eigenvalue weighted by molar-refractivity contribution is 0.305. The summed E-state index contributed by atoms with van der Waals surface area (Å²) in [6, 6.07) is 15.2. The molecule has 1 fully saturated rings. The van der Waals surface area contributed by atoms with Crippen LogP contribution in [0.2, 0.25) is 0 Å². The Hall–Kier alpha value is -1.58. The molecule has 2 aromatic rings. The van der Waals surface area contributed by atoms with E-state index in [1.54, 1.807) is 12.1 Å². The third-order valence-corrected chi connectivity index (χ3v) is 3.39. The van der Waals surface area contributed by atoms with Gasteiger partial charge in [0, 0.05) is 12.6 Å². The predicted octanol–water partition coefficient (Wildman–Crippen LogP) is 4.08. The van der Waals surface area contributed by atoms with E-state index in [1.165, 1.54) is 30.5 Å². The summed E-state index contributed by atoms with van der Waals surface area (Å²) in [6.07, 6.45) is 2.58.